The molecule has 3 aromatic rings. The fourth-order valence-electron chi connectivity index (χ4n) is 6.52. The Bertz CT molecular complexity index is 1560. The second-order valence-corrected chi connectivity index (χ2v) is 11.9. The van der Waals surface area contributed by atoms with Crippen molar-refractivity contribution in [1.29, 1.82) is 0 Å². The second kappa shape index (κ2) is 10.6. The average molecular weight is 617 g/mol. The van der Waals surface area contributed by atoms with Crippen molar-refractivity contribution in [1.82, 2.24) is 0 Å². The van der Waals surface area contributed by atoms with E-state index in [1.807, 2.05) is 0 Å². The largest absolute Gasteiger partial charge is 0.573 e. The number of aliphatic carboxylic acids is 1. The van der Waals surface area contributed by atoms with Crippen molar-refractivity contribution in [3.8, 4) is 17.2 Å². The number of methoxy groups -OCH3 is 1. The molecule has 1 aliphatic heterocycles. The molecule has 3 saturated carbocycles. The zero-order valence-electron chi connectivity index (χ0n) is 23.0. The van der Waals surface area contributed by atoms with E-state index in [9.17, 15) is 27.9 Å². The summed E-state index contributed by atoms with van der Waals surface area (Å²) < 4.78 is 54.3. The van der Waals surface area contributed by atoms with Gasteiger partial charge in [0.15, 0.2) is 0 Å². The number of benzene rings is 3. The van der Waals surface area contributed by atoms with E-state index in [-0.39, 0.29) is 17.9 Å². The van der Waals surface area contributed by atoms with E-state index in [2.05, 4.69) is 10.1 Å². The molecule has 3 fully saturated rings. The molecular weight excluding hydrogens is 589 g/mol. The summed E-state index contributed by atoms with van der Waals surface area (Å²) in [6.07, 6.45) is -2.62. The number of ether oxygens (including phenoxy) is 3. The smallest absolute Gasteiger partial charge is 0.497 e. The van der Waals surface area contributed by atoms with E-state index in [1.54, 1.807) is 42.5 Å². The number of amides is 1. The summed E-state index contributed by atoms with van der Waals surface area (Å²) >= 11 is 6.11. The van der Waals surface area contributed by atoms with Crippen molar-refractivity contribution in [2.75, 3.05) is 30.5 Å². The number of rotatable bonds is 10. The van der Waals surface area contributed by atoms with Gasteiger partial charge in [-0.1, -0.05) is 29.8 Å². The molecule has 1 amide bonds. The van der Waals surface area contributed by atoms with Gasteiger partial charge in [-0.3, -0.25) is 9.59 Å². The summed E-state index contributed by atoms with van der Waals surface area (Å²) in [7, 11) is 1.50. The molecule has 1 atom stereocenters. The van der Waals surface area contributed by atoms with E-state index in [1.165, 1.54) is 30.2 Å². The fraction of sp³-hybridized carbons (Fsp3) is 0.355. The van der Waals surface area contributed by atoms with Crippen molar-refractivity contribution in [2.24, 2.45) is 10.8 Å². The first kappa shape index (κ1) is 29.0. The lowest BCUT2D eigenvalue weighted by Gasteiger charge is -2.67. The molecule has 1 heterocycles. The van der Waals surface area contributed by atoms with Crippen LogP contribution < -0.4 is 24.4 Å². The third-order valence-electron chi connectivity index (χ3n) is 8.47. The van der Waals surface area contributed by atoms with Crippen LogP contribution in [0.4, 0.5) is 24.5 Å². The number of carbonyl (C=O) groups is 2. The summed E-state index contributed by atoms with van der Waals surface area (Å²) in [5, 5.41) is 13.1. The predicted molar refractivity (Wildman–Crippen MR) is 152 cm³/mol. The van der Waals surface area contributed by atoms with E-state index < -0.39 is 29.5 Å². The molecule has 0 saturated heterocycles. The Kier molecular flexibility index (Phi) is 7.11. The molecule has 1 unspecified atom stereocenters. The number of hydrogen-bond donors (Lipinski definition) is 2. The van der Waals surface area contributed by atoms with Crippen LogP contribution >= 0.6 is 11.6 Å². The van der Waals surface area contributed by atoms with Gasteiger partial charge in [-0.25, -0.2) is 0 Å². The zero-order chi connectivity index (χ0) is 30.6. The van der Waals surface area contributed by atoms with Crippen LogP contribution in [0, 0.1) is 10.8 Å². The number of carboxylic acid groups (broad SMARTS) is 1. The Morgan fingerprint density at radius 2 is 1.72 bits per heavy atom. The lowest BCUT2D eigenvalue weighted by atomic mass is 9.35. The quantitative estimate of drug-likeness (QED) is 0.264. The van der Waals surface area contributed by atoms with Crippen LogP contribution in [0.25, 0.3) is 0 Å². The normalized spacial score (nSPS) is 22.5. The minimum Gasteiger partial charge on any atom is -0.497 e. The molecule has 226 valence electrons. The number of anilines is 2. The molecular formula is C31H28ClF3N2O6. The van der Waals surface area contributed by atoms with Crippen molar-refractivity contribution >= 4 is 34.9 Å². The number of fused-ring (bicyclic) bond motifs is 1. The summed E-state index contributed by atoms with van der Waals surface area (Å²) in [5.41, 5.74) is 1.42. The molecule has 0 aromatic heterocycles. The van der Waals surface area contributed by atoms with Crippen molar-refractivity contribution < 1.29 is 42.1 Å². The van der Waals surface area contributed by atoms with Gasteiger partial charge in [0.2, 0.25) is 0 Å². The summed E-state index contributed by atoms with van der Waals surface area (Å²) in [4.78, 5) is 27.0. The number of hydrogen-bond acceptors (Lipinski definition) is 6. The van der Waals surface area contributed by atoms with Gasteiger partial charge in [0.1, 0.15) is 23.3 Å². The molecule has 12 heteroatoms. The monoisotopic (exact) mass is 616 g/mol. The fourth-order valence-corrected chi connectivity index (χ4v) is 6.65. The minimum absolute atomic E-state index is 0.144. The van der Waals surface area contributed by atoms with Gasteiger partial charge in [0.25, 0.3) is 5.91 Å². The molecule has 4 aliphatic rings. The van der Waals surface area contributed by atoms with Gasteiger partial charge in [0.05, 0.1) is 24.8 Å². The molecule has 3 aliphatic carbocycles. The summed E-state index contributed by atoms with van der Waals surface area (Å²) in [6, 6.07) is 14.9. The van der Waals surface area contributed by atoms with Gasteiger partial charge < -0.3 is 29.5 Å². The Morgan fingerprint density at radius 3 is 2.37 bits per heavy atom. The third kappa shape index (κ3) is 5.65. The molecule has 7 rings (SSSR count). The van der Waals surface area contributed by atoms with Crippen LogP contribution in [0.1, 0.15) is 36.4 Å². The first-order valence-electron chi connectivity index (χ1n) is 13.7. The van der Waals surface area contributed by atoms with Crippen LogP contribution in [-0.2, 0) is 16.0 Å². The number of halogens is 4. The average Bonchev–Trinajstić information content (AvgIpc) is 3.32. The highest BCUT2D eigenvalue weighted by atomic mass is 35.5. The Labute approximate surface area is 250 Å². The first-order valence-corrected chi connectivity index (χ1v) is 14.0. The zero-order valence-corrected chi connectivity index (χ0v) is 23.8. The summed E-state index contributed by atoms with van der Waals surface area (Å²) in [5.74, 6) is -0.594. The molecule has 0 spiro atoms. The number of carbonyl (C=O) groups excluding carboxylic acids is 1. The van der Waals surface area contributed by atoms with Gasteiger partial charge in [-0.15, -0.1) is 13.2 Å². The second-order valence-electron chi connectivity index (χ2n) is 11.5. The van der Waals surface area contributed by atoms with E-state index >= 15 is 0 Å². The van der Waals surface area contributed by atoms with E-state index in [4.69, 9.17) is 21.1 Å². The molecule has 2 N–H and O–H groups in total. The highest BCUT2D eigenvalue weighted by molar-refractivity contribution is 6.30. The number of alkyl halides is 3. The van der Waals surface area contributed by atoms with E-state index in [0.717, 1.165) is 5.56 Å². The standard InChI is InChI=1S/C31H28ClF3N2O6/c1-41-23-10-21(11-24(12-23)42-17-29-14-30(15-29,16-29)28(39)40)36-26(19-2-5-20(32)6-3-19)27(38)37-9-8-18-4-7-22(13-25(18)37)43-31(33,34)35/h2-7,10-13,26,36H,8-9,14-17H2,1H3,(H,39,40). The molecule has 0 radical (unpaired) electrons. The molecule has 43 heavy (non-hydrogen) atoms. The van der Waals surface area contributed by atoms with Gasteiger partial charge in [0, 0.05) is 46.9 Å². The summed E-state index contributed by atoms with van der Waals surface area (Å²) in [6.45, 7) is 0.642. The maximum Gasteiger partial charge on any atom is 0.573 e. The van der Waals surface area contributed by atoms with Crippen molar-refractivity contribution in [2.45, 2.75) is 38.1 Å². The molecule has 8 nitrogen and oxygen atoms in total. The third-order valence-corrected chi connectivity index (χ3v) is 8.72. The number of nitrogens with one attached hydrogen (secondary N) is 1. The Hall–Kier alpha value is -4.12. The van der Waals surface area contributed by atoms with E-state index in [0.29, 0.717) is 65.8 Å². The predicted octanol–water partition coefficient (Wildman–Crippen LogP) is 6.62. The Morgan fingerprint density at radius 1 is 1.02 bits per heavy atom. The van der Waals surface area contributed by atoms with Crippen LogP contribution in [-0.4, -0.2) is 43.6 Å². The molecule has 3 aromatic carbocycles. The van der Waals surface area contributed by atoms with Crippen LogP contribution in [0.3, 0.4) is 0 Å². The topological polar surface area (TPSA) is 97.3 Å². The number of carboxylic acids is 1. The van der Waals surface area contributed by atoms with Crippen LogP contribution in [0.5, 0.6) is 17.2 Å². The van der Waals surface area contributed by atoms with Crippen LogP contribution in [0.15, 0.2) is 60.7 Å². The van der Waals surface area contributed by atoms with Crippen LogP contribution in [0.2, 0.25) is 5.02 Å². The maximum atomic E-state index is 14.1. The minimum atomic E-state index is -4.86. The van der Waals surface area contributed by atoms with Crippen molar-refractivity contribution in [3.63, 3.8) is 0 Å². The number of nitrogens with zero attached hydrogens (tertiary/aromatic N) is 1. The highest BCUT2D eigenvalue weighted by Gasteiger charge is 2.72. The Balaban J connectivity index is 1.25. The lowest BCUT2D eigenvalue weighted by molar-refractivity contribution is -0.274. The van der Waals surface area contributed by atoms with Gasteiger partial charge in [-0.05, 0) is 55.0 Å². The maximum absolute atomic E-state index is 14.1. The SMILES string of the molecule is COc1cc(NC(C(=O)N2CCc3ccc(OC(F)(F)F)cc32)c2ccc(Cl)cc2)cc(OCC23CC(C(=O)O)(C2)C3)c1. The molecule has 2 bridgehead atoms. The first-order chi connectivity index (χ1) is 20.4. The highest BCUT2D eigenvalue weighted by Crippen LogP contribution is 2.73. The van der Waals surface area contributed by atoms with Crippen molar-refractivity contribution in [3.05, 3.63) is 76.8 Å². The lowest BCUT2D eigenvalue weighted by Crippen LogP contribution is -2.67. The van der Waals surface area contributed by atoms with Gasteiger partial charge >= 0.3 is 12.3 Å². The van der Waals surface area contributed by atoms with Gasteiger partial charge in [-0.2, -0.15) is 0 Å².